The maximum Gasteiger partial charge on any atom is 0.359 e. The molecule has 0 unspecified atom stereocenters. The zero-order valence-corrected chi connectivity index (χ0v) is 7.63. The van der Waals surface area contributed by atoms with Gasteiger partial charge in [0, 0.05) is 0 Å². The third-order valence-electron chi connectivity index (χ3n) is 1.93. The number of nitrogens with zero attached hydrogens (tertiary/aromatic N) is 3. The summed E-state index contributed by atoms with van der Waals surface area (Å²) in [6.45, 7) is 1.13. The lowest BCUT2D eigenvalue weighted by Gasteiger charge is -2.04. The van der Waals surface area contributed by atoms with Crippen molar-refractivity contribution in [1.82, 2.24) is 10.3 Å². The van der Waals surface area contributed by atoms with Crippen molar-refractivity contribution >= 4 is 12.2 Å². The van der Waals surface area contributed by atoms with Crippen molar-refractivity contribution in [1.29, 1.82) is 0 Å². The molecule has 2 amide bonds. The largest absolute Gasteiger partial charge is 0.359 e. The zero-order valence-electron chi connectivity index (χ0n) is 7.63. The Balaban J connectivity index is 2.03. The quantitative estimate of drug-likeness (QED) is 0.640. The van der Waals surface area contributed by atoms with Crippen molar-refractivity contribution < 1.29 is 4.79 Å². The van der Waals surface area contributed by atoms with Crippen LogP contribution in [0.5, 0.6) is 0 Å². The summed E-state index contributed by atoms with van der Waals surface area (Å²) in [7, 11) is 0. The van der Waals surface area contributed by atoms with Crippen LogP contribution in [0.4, 0.5) is 4.79 Å². The molecule has 0 saturated carbocycles. The molecule has 0 bridgehead atoms. The monoisotopic (exact) mass is 188 g/mol. The van der Waals surface area contributed by atoms with Crippen LogP contribution >= 0.6 is 0 Å². The van der Waals surface area contributed by atoms with Crippen LogP contribution in [0.15, 0.2) is 35.4 Å². The minimum atomic E-state index is -0.253. The third-order valence-corrected chi connectivity index (χ3v) is 1.93. The molecule has 0 aliphatic carbocycles. The highest BCUT2D eigenvalue weighted by Crippen LogP contribution is 2.00. The first-order chi connectivity index (χ1) is 6.86. The average Bonchev–Trinajstić information content (AvgIpc) is 2.63. The molecule has 1 aromatic rings. The second-order valence-corrected chi connectivity index (χ2v) is 2.94. The van der Waals surface area contributed by atoms with Crippen LogP contribution in [-0.4, -0.2) is 30.3 Å². The maximum atomic E-state index is 11.0. The van der Waals surface area contributed by atoms with Crippen LogP contribution in [0.1, 0.15) is 5.56 Å². The molecule has 1 aliphatic rings. The summed E-state index contributed by atoms with van der Waals surface area (Å²) < 4.78 is 0. The van der Waals surface area contributed by atoms with E-state index in [0.717, 1.165) is 5.56 Å². The highest BCUT2D eigenvalue weighted by Gasteiger charge is 2.19. The van der Waals surface area contributed by atoms with Gasteiger partial charge in [-0.2, -0.15) is 5.10 Å². The lowest BCUT2D eigenvalue weighted by atomic mass is 10.2. The van der Waals surface area contributed by atoms with Crippen molar-refractivity contribution in [2.45, 2.75) is 0 Å². The lowest BCUT2D eigenvalue weighted by molar-refractivity contribution is 0.219. The number of amides is 2. The first-order valence-corrected chi connectivity index (χ1v) is 4.44. The van der Waals surface area contributed by atoms with Crippen molar-refractivity contribution in [2.75, 3.05) is 13.1 Å². The van der Waals surface area contributed by atoms with Crippen LogP contribution in [0.2, 0.25) is 0 Å². The van der Waals surface area contributed by atoms with E-state index in [4.69, 9.17) is 0 Å². The highest BCUT2D eigenvalue weighted by molar-refractivity contribution is 5.82. The zero-order chi connectivity index (χ0) is 9.80. The topological polar surface area (TPSA) is 46.8 Å². The molecular weight excluding hydrogens is 178 g/mol. The molecule has 0 aromatic heterocycles. The average molecular weight is 188 g/mol. The molecule has 1 saturated heterocycles. The Morgan fingerprint density at radius 3 is 2.79 bits per heavy atom. The van der Waals surface area contributed by atoms with Crippen LogP contribution in [0.25, 0.3) is 0 Å². The molecule has 1 heterocycles. The molecule has 0 atom stereocenters. The van der Waals surface area contributed by atoms with Gasteiger partial charge in [0.2, 0.25) is 0 Å². The van der Waals surface area contributed by atoms with Gasteiger partial charge in [0.1, 0.15) is 0 Å². The number of rotatable bonds is 2. The summed E-state index contributed by atoms with van der Waals surface area (Å²) in [5.41, 5.74) is 0.979. The molecule has 1 aromatic carbocycles. The van der Waals surface area contributed by atoms with E-state index in [-0.39, 0.29) is 6.03 Å². The Morgan fingerprint density at radius 1 is 1.36 bits per heavy atom. The molecule has 0 N–H and O–H groups in total. The number of carbonyl (C=O) groups is 1. The van der Waals surface area contributed by atoms with E-state index in [1.54, 1.807) is 6.21 Å². The molecule has 1 fully saturated rings. The van der Waals surface area contributed by atoms with E-state index >= 15 is 0 Å². The Hall–Kier alpha value is -1.84. The second kappa shape index (κ2) is 3.91. The van der Waals surface area contributed by atoms with Gasteiger partial charge in [0.25, 0.3) is 0 Å². The normalized spacial score (nSPS) is 16.3. The molecule has 14 heavy (non-hydrogen) atoms. The van der Waals surface area contributed by atoms with Gasteiger partial charge in [-0.1, -0.05) is 30.3 Å². The molecule has 1 radical (unpaired) electrons. The summed E-state index contributed by atoms with van der Waals surface area (Å²) in [6, 6.07) is 9.41. The third kappa shape index (κ3) is 1.90. The predicted molar refractivity (Wildman–Crippen MR) is 53.1 cm³/mol. The first kappa shape index (κ1) is 8.74. The van der Waals surface area contributed by atoms with Gasteiger partial charge in [0.05, 0.1) is 19.3 Å². The second-order valence-electron chi connectivity index (χ2n) is 2.94. The van der Waals surface area contributed by atoms with Gasteiger partial charge < -0.3 is 0 Å². The van der Waals surface area contributed by atoms with E-state index in [0.29, 0.717) is 13.1 Å². The minimum absolute atomic E-state index is 0.253. The Labute approximate surface area is 82.2 Å². The molecule has 1 aliphatic heterocycles. The molecule has 4 nitrogen and oxygen atoms in total. The fourth-order valence-corrected chi connectivity index (χ4v) is 1.20. The highest BCUT2D eigenvalue weighted by atomic mass is 16.2. The Morgan fingerprint density at radius 2 is 2.14 bits per heavy atom. The predicted octanol–water partition coefficient (Wildman–Crippen LogP) is 1.06. The van der Waals surface area contributed by atoms with Crippen LogP contribution in [0.3, 0.4) is 0 Å². The van der Waals surface area contributed by atoms with Gasteiger partial charge in [-0.15, -0.1) is 0 Å². The van der Waals surface area contributed by atoms with Crippen molar-refractivity contribution in [2.24, 2.45) is 5.10 Å². The first-order valence-electron chi connectivity index (χ1n) is 4.44. The van der Waals surface area contributed by atoms with E-state index in [1.807, 2.05) is 30.3 Å². The van der Waals surface area contributed by atoms with Crippen molar-refractivity contribution in [3.05, 3.63) is 35.9 Å². The van der Waals surface area contributed by atoms with Gasteiger partial charge in [-0.3, -0.25) is 0 Å². The number of hydrogen-bond acceptors (Lipinski definition) is 2. The number of hydrazone groups is 1. The summed E-state index contributed by atoms with van der Waals surface area (Å²) >= 11 is 0. The van der Waals surface area contributed by atoms with Crippen molar-refractivity contribution in [3.8, 4) is 0 Å². The molecule has 0 spiro atoms. The van der Waals surface area contributed by atoms with Crippen LogP contribution in [-0.2, 0) is 0 Å². The minimum Gasteiger partial charge on any atom is -0.244 e. The summed E-state index contributed by atoms with van der Waals surface area (Å²) in [5.74, 6) is 0. The van der Waals surface area contributed by atoms with Gasteiger partial charge in [0.15, 0.2) is 0 Å². The molecular formula is C10H10N3O. The van der Waals surface area contributed by atoms with E-state index in [9.17, 15) is 4.79 Å². The molecule has 4 heteroatoms. The van der Waals surface area contributed by atoms with E-state index < -0.39 is 0 Å². The smallest absolute Gasteiger partial charge is 0.244 e. The van der Waals surface area contributed by atoms with Crippen LogP contribution in [0, 0.1) is 0 Å². The maximum absolute atomic E-state index is 11.0. The Bertz CT molecular complexity index is 348. The fraction of sp³-hybridized carbons (Fsp3) is 0.200. The standard InChI is InChI=1S/C10H10N3O/c14-10-11-6-7-13(10)12-8-9-4-2-1-3-5-9/h1-5,8H,6-7H2/b12-8+. The number of hydrogen-bond donors (Lipinski definition) is 0. The van der Waals surface area contributed by atoms with Crippen molar-refractivity contribution in [3.63, 3.8) is 0 Å². The number of carbonyl (C=O) groups excluding carboxylic acids is 1. The summed E-state index contributed by atoms with van der Waals surface area (Å²) in [6.07, 6.45) is 1.67. The molecule has 71 valence electrons. The van der Waals surface area contributed by atoms with Crippen LogP contribution < -0.4 is 5.32 Å². The Kier molecular flexibility index (Phi) is 2.44. The lowest BCUT2D eigenvalue weighted by Crippen LogP contribution is -2.19. The summed E-state index contributed by atoms with van der Waals surface area (Å²) in [4.78, 5) is 11.0. The SMILES string of the molecule is O=C1[N]CCN1/N=C/c1ccccc1. The molecule has 2 rings (SSSR count). The van der Waals surface area contributed by atoms with Gasteiger partial charge >= 0.3 is 6.03 Å². The van der Waals surface area contributed by atoms with Gasteiger partial charge in [-0.25, -0.2) is 15.1 Å². The fourth-order valence-electron chi connectivity index (χ4n) is 1.20. The van der Waals surface area contributed by atoms with E-state index in [2.05, 4.69) is 10.4 Å². The van der Waals surface area contributed by atoms with Gasteiger partial charge in [-0.05, 0) is 5.56 Å². The number of benzene rings is 1. The van der Waals surface area contributed by atoms with E-state index in [1.165, 1.54) is 5.01 Å². The number of urea groups is 1. The summed E-state index contributed by atoms with van der Waals surface area (Å²) in [5, 5.41) is 9.11.